The number of anilines is 1. The molecule has 0 saturated carbocycles. The number of esters is 1. The highest BCUT2D eigenvalue weighted by Gasteiger charge is 2.23. The molecule has 1 N–H and O–H groups in total. The molecule has 1 fully saturated rings. The van der Waals surface area contributed by atoms with Gasteiger partial charge in [0.05, 0.1) is 25.0 Å². The molecule has 4 nitrogen and oxygen atoms in total. The number of benzene rings is 1. The molecular formula is C14H18FNO3. The lowest BCUT2D eigenvalue weighted by molar-refractivity contribution is 0.0601. The number of hydrogen-bond donors (Lipinski definition) is 1. The van der Waals surface area contributed by atoms with Crippen LogP contribution in [0.1, 0.15) is 23.7 Å². The number of methoxy groups -OCH3 is 1. The summed E-state index contributed by atoms with van der Waals surface area (Å²) in [6.07, 6.45) is 0.969. The molecule has 0 radical (unpaired) electrons. The fourth-order valence-electron chi connectivity index (χ4n) is 2.23. The van der Waals surface area contributed by atoms with E-state index in [9.17, 15) is 9.18 Å². The molecule has 0 amide bonds. The van der Waals surface area contributed by atoms with Crippen molar-refractivity contribution in [3.8, 4) is 0 Å². The molecule has 0 aliphatic carbocycles. The summed E-state index contributed by atoms with van der Waals surface area (Å²) >= 11 is 0. The molecule has 1 aliphatic rings. The minimum absolute atomic E-state index is 0.104. The third-order valence-electron chi connectivity index (χ3n) is 3.44. The number of carbonyl (C=O) groups is 1. The smallest absolute Gasteiger partial charge is 0.339 e. The summed E-state index contributed by atoms with van der Waals surface area (Å²) in [6, 6.07) is 4.11. The van der Waals surface area contributed by atoms with Gasteiger partial charge in [-0.3, -0.25) is 0 Å². The third kappa shape index (κ3) is 3.23. The van der Waals surface area contributed by atoms with Gasteiger partial charge in [0.1, 0.15) is 5.82 Å². The van der Waals surface area contributed by atoms with Gasteiger partial charge in [0, 0.05) is 18.6 Å². The quantitative estimate of drug-likeness (QED) is 0.851. The van der Waals surface area contributed by atoms with Crippen LogP contribution in [-0.2, 0) is 9.47 Å². The van der Waals surface area contributed by atoms with Crippen molar-refractivity contribution < 1.29 is 18.7 Å². The number of hydrogen-bond acceptors (Lipinski definition) is 4. The number of rotatable bonds is 4. The Balaban J connectivity index is 2.17. The Bertz CT molecular complexity index is 458. The summed E-state index contributed by atoms with van der Waals surface area (Å²) in [5, 5.41) is 3.19. The van der Waals surface area contributed by atoms with Gasteiger partial charge in [-0.1, -0.05) is 0 Å². The lowest BCUT2D eigenvalue weighted by Gasteiger charge is -2.21. The summed E-state index contributed by atoms with van der Waals surface area (Å²) in [4.78, 5) is 11.6. The van der Waals surface area contributed by atoms with Gasteiger partial charge < -0.3 is 14.8 Å². The first-order valence-corrected chi connectivity index (χ1v) is 6.34. The molecule has 1 saturated heterocycles. The third-order valence-corrected chi connectivity index (χ3v) is 3.44. The van der Waals surface area contributed by atoms with Crippen LogP contribution in [-0.4, -0.2) is 32.3 Å². The number of halogens is 1. The highest BCUT2D eigenvalue weighted by Crippen LogP contribution is 2.24. The highest BCUT2D eigenvalue weighted by atomic mass is 19.1. The largest absolute Gasteiger partial charge is 0.465 e. The Labute approximate surface area is 111 Å². The summed E-state index contributed by atoms with van der Waals surface area (Å²) in [5.41, 5.74) is 0.806. The van der Waals surface area contributed by atoms with Gasteiger partial charge in [-0.25, -0.2) is 9.18 Å². The van der Waals surface area contributed by atoms with E-state index >= 15 is 0 Å². The van der Waals surface area contributed by atoms with Crippen LogP contribution in [0.3, 0.4) is 0 Å². The van der Waals surface area contributed by atoms with E-state index in [2.05, 4.69) is 5.32 Å². The van der Waals surface area contributed by atoms with Crippen LogP contribution < -0.4 is 5.32 Å². The maximum absolute atomic E-state index is 13.3. The molecule has 2 atom stereocenters. The molecule has 0 aromatic heterocycles. The normalized spacial score (nSPS) is 20.1. The number of ether oxygens (including phenoxy) is 2. The van der Waals surface area contributed by atoms with E-state index in [-0.39, 0.29) is 11.9 Å². The average Bonchev–Trinajstić information content (AvgIpc) is 2.92. The second kappa shape index (κ2) is 6.02. The minimum Gasteiger partial charge on any atom is -0.465 e. The Morgan fingerprint density at radius 2 is 2.37 bits per heavy atom. The maximum atomic E-state index is 13.3. The zero-order valence-electron chi connectivity index (χ0n) is 11.1. The molecule has 5 heteroatoms. The van der Waals surface area contributed by atoms with Crippen molar-refractivity contribution in [1.82, 2.24) is 0 Å². The van der Waals surface area contributed by atoms with Gasteiger partial charge in [0.2, 0.25) is 0 Å². The summed E-state index contributed by atoms with van der Waals surface area (Å²) < 4.78 is 23.4. The van der Waals surface area contributed by atoms with Gasteiger partial charge in [0.15, 0.2) is 0 Å². The van der Waals surface area contributed by atoms with Crippen LogP contribution in [0.5, 0.6) is 0 Å². The van der Waals surface area contributed by atoms with Gasteiger partial charge in [-0.15, -0.1) is 0 Å². The van der Waals surface area contributed by atoms with Crippen molar-refractivity contribution in [2.24, 2.45) is 5.92 Å². The van der Waals surface area contributed by atoms with Crippen molar-refractivity contribution in [3.63, 3.8) is 0 Å². The Morgan fingerprint density at radius 3 is 3.00 bits per heavy atom. The van der Waals surface area contributed by atoms with Crippen molar-refractivity contribution in [2.75, 3.05) is 25.6 Å². The zero-order chi connectivity index (χ0) is 13.8. The second-order valence-electron chi connectivity index (χ2n) is 4.74. The predicted octanol–water partition coefficient (Wildman–Crippen LogP) is 2.45. The van der Waals surface area contributed by atoms with Crippen LogP contribution in [0, 0.1) is 11.7 Å². The van der Waals surface area contributed by atoms with E-state index in [0.717, 1.165) is 13.0 Å². The standard InChI is InChI=1S/C14H18FNO3/c1-9(10-5-6-19-8-10)16-13-7-11(15)3-4-12(13)14(17)18-2/h3-4,7,9-10,16H,5-6,8H2,1-2H3. The molecule has 1 aromatic rings. The van der Waals surface area contributed by atoms with Gasteiger partial charge in [-0.2, -0.15) is 0 Å². The lowest BCUT2D eigenvalue weighted by Crippen LogP contribution is -2.27. The molecule has 1 heterocycles. The lowest BCUT2D eigenvalue weighted by atomic mass is 10.00. The van der Waals surface area contributed by atoms with Crippen molar-refractivity contribution in [3.05, 3.63) is 29.6 Å². The molecular weight excluding hydrogens is 249 g/mol. The number of nitrogens with one attached hydrogen (secondary N) is 1. The van der Waals surface area contributed by atoms with E-state index in [1.165, 1.54) is 25.3 Å². The topological polar surface area (TPSA) is 47.6 Å². The fraction of sp³-hybridized carbons (Fsp3) is 0.500. The predicted molar refractivity (Wildman–Crippen MR) is 69.8 cm³/mol. The minimum atomic E-state index is -0.475. The number of carbonyl (C=O) groups excluding carboxylic acids is 1. The first-order chi connectivity index (χ1) is 9.11. The van der Waals surface area contributed by atoms with Gasteiger partial charge in [-0.05, 0) is 31.5 Å². The van der Waals surface area contributed by atoms with Crippen LogP contribution in [0.2, 0.25) is 0 Å². The zero-order valence-corrected chi connectivity index (χ0v) is 11.1. The average molecular weight is 267 g/mol. The Kier molecular flexibility index (Phi) is 4.37. The molecule has 104 valence electrons. The molecule has 1 aliphatic heterocycles. The molecule has 1 aromatic carbocycles. The van der Waals surface area contributed by atoms with Gasteiger partial charge >= 0.3 is 5.97 Å². The SMILES string of the molecule is COC(=O)c1ccc(F)cc1NC(C)C1CCOC1. The molecule has 19 heavy (non-hydrogen) atoms. The van der Waals surface area contributed by atoms with E-state index in [4.69, 9.17) is 9.47 Å². The summed E-state index contributed by atoms with van der Waals surface area (Å²) in [7, 11) is 1.31. The van der Waals surface area contributed by atoms with Crippen LogP contribution >= 0.6 is 0 Å². The van der Waals surface area contributed by atoms with E-state index < -0.39 is 5.97 Å². The first kappa shape index (κ1) is 13.8. The van der Waals surface area contributed by atoms with Crippen molar-refractivity contribution in [2.45, 2.75) is 19.4 Å². The molecule has 0 bridgehead atoms. The van der Waals surface area contributed by atoms with Crippen LogP contribution in [0.25, 0.3) is 0 Å². The molecule has 0 spiro atoms. The van der Waals surface area contributed by atoms with Crippen LogP contribution in [0.4, 0.5) is 10.1 Å². The van der Waals surface area contributed by atoms with E-state index in [0.29, 0.717) is 23.8 Å². The maximum Gasteiger partial charge on any atom is 0.339 e. The van der Waals surface area contributed by atoms with E-state index in [1.807, 2.05) is 6.92 Å². The fourth-order valence-corrected chi connectivity index (χ4v) is 2.23. The summed E-state index contributed by atoms with van der Waals surface area (Å²) in [5.74, 6) is -0.490. The highest BCUT2D eigenvalue weighted by molar-refractivity contribution is 5.95. The monoisotopic (exact) mass is 267 g/mol. The van der Waals surface area contributed by atoms with Crippen molar-refractivity contribution in [1.29, 1.82) is 0 Å². The summed E-state index contributed by atoms with van der Waals surface area (Å²) in [6.45, 7) is 3.45. The molecule has 2 unspecified atom stereocenters. The van der Waals surface area contributed by atoms with Crippen molar-refractivity contribution >= 4 is 11.7 Å². The molecule has 2 rings (SSSR count). The Morgan fingerprint density at radius 1 is 1.58 bits per heavy atom. The second-order valence-corrected chi connectivity index (χ2v) is 4.74. The first-order valence-electron chi connectivity index (χ1n) is 6.34. The van der Waals surface area contributed by atoms with Gasteiger partial charge in [0.25, 0.3) is 0 Å². The Hall–Kier alpha value is -1.62. The van der Waals surface area contributed by atoms with Crippen LogP contribution in [0.15, 0.2) is 18.2 Å². The van der Waals surface area contributed by atoms with E-state index in [1.54, 1.807) is 0 Å².